The highest BCUT2D eigenvalue weighted by atomic mass is 32.2. The standard InChI is InChI=1S/C6H12N4O3S/c1-9(2)5-7-14(11,12)8-6(13-5)10(3)4/h1-4H3. The molecule has 1 rings (SSSR count). The number of nitrogens with zero attached hydrogens (tertiary/aromatic N) is 4. The van der Waals surface area contributed by atoms with Gasteiger partial charge in [0.25, 0.3) is 0 Å². The van der Waals surface area contributed by atoms with Crippen molar-refractivity contribution in [2.24, 2.45) is 8.80 Å². The number of rotatable bonds is 0. The van der Waals surface area contributed by atoms with Gasteiger partial charge in [-0.1, -0.05) is 8.80 Å². The van der Waals surface area contributed by atoms with Gasteiger partial charge in [0, 0.05) is 28.2 Å². The van der Waals surface area contributed by atoms with Crippen LogP contribution < -0.4 is 0 Å². The predicted molar refractivity (Wildman–Crippen MR) is 52.2 cm³/mol. The van der Waals surface area contributed by atoms with Crippen LogP contribution >= 0.6 is 0 Å². The molecule has 0 N–H and O–H groups in total. The SMILES string of the molecule is CN(C)C1=NS(=O)(=O)N=C(N(C)C)O1. The molecule has 0 aromatic heterocycles. The van der Waals surface area contributed by atoms with Crippen molar-refractivity contribution in [2.45, 2.75) is 0 Å². The normalized spacial score (nSPS) is 19.1. The Balaban J connectivity index is 3.07. The molecule has 1 heterocycles. The molecule has 80 valence electrons. The summed E-state index contributed by atoms with van der Waals surface area (Å²) in [6, 6.07) is 0.00685. The second-order valence-corrected chi connectivity index (χ2v) is 4.35. The zero-order chi connectivity index (χ0) is 10.9. The maximum Gasteiger partial charge on any atom is 0.372 e. The van der Waals surface area contributed by atoms with E-state index in [1.807, 2.05) is 0 Å². The lowest BCUT2D eigenvalue weighted by molar-refractivity contribution is 0.364. The van der Waals surface area contributed by atoms with E-state index in [4.69, 9.17) is 4.74 Å². The van der Waals surface area contributed by atoms with Crippen LogP contribution in [0.2, 0.25) is 0 Å². The van der Waals surface area contributed by atoms with Crippen molar-refractivity contribution in [3.63, 3.8) is 0 Å². The van der Waals surface area contributed by atoms with Crippen molar-refractivity contribution in [3.8, 4) is 0 Å². The highest BCUT2D eigenvalue weighted by molar-refractivity contribution is 7.89. The Hall–Kier alpha value is -1.31. The fourth-order valence-corrected chi connectivity index (χ4v) is 1.52. The minimum atomic E-state index is -3.80. The van der Waals surface area contributed by atoms with Crippen molar-refractivity contribution >= 4 is 22.3 Å². The molecule has 0 unspecified atom stereocenters. The molecule has 8 heteroatoms. The van der Waals surface area contributed by atoms with Gasteiger partial charge in [-0.25, -0.2) is 0 Å². The predicted octanol–water partition coefficient (Wildman–Crippen LogP) is -0.903. The largest absolute Gasteiger partial charge is 0.390 e. The highest BCUT2D eigenvalue weighted by Crippen LogP contribution is 2.07. The molecule has 14 heavy (non-hydrogen) atoms. The molecule has 0 spiro atoms. The van der Waals surface area contributed by atoms with Crippen LogP contribution in [0, 0.1) is 0 Å². The second-order valence-electron chi connectivity index (χ2n) is 3.09. The van der Waals surface area contributed by atoms with Gasteiger partial charge in [0.1, 0.15) is 0 Å². The third-order valence-electron chi connectivity index (χ3n) is 1.33. The Morgan fingerprint density at radius 2 is 1.36 bits per heavy atom. The number of amidine groups is 2. The summed E-state index contributed by atoms with van der Waals surface area (Å²) in [6.45, 7) is 0. The molecule has 0 bridgehead atoms. The third kappa shape index (κ3) is 2.34. The lowest BCUT2D eigenvalue weighted by Crippen LogP contribution is -2.37. The Morgan fingerprint density at radius 1 is 1.00 bits per heavy atom. The van der Waals surface area contributed by atoms with Crippen molar-refractivity contribution in [1.82, 2.24) is 9.80 Å². The third-order valence-corrected chi connectivity index (χ3v) is 2.11. The van der Waals surface area contributed by atoms with Crippen molar-refractivity contribution < 1.29 is 13.2 Å². The maximum absolute atomic E-state index is 11.2. The van der Waals surface area contributed by atoms with Crippen LogP contribution in [-0.4, -0.2) is 58.5 Å². The monoisotopic (exact) mass is 220 g/mol. The molecular formula is C6H12N4O3S. The van der Waals surface area contributed by atoms with Gasteiger partial charge in [-0.3, -0.25) is 0 Å². The van der Waals surface area contributed by atoms with Crippen LogP contribution in [0.4, 0.5) is 0 Å². The van der Waals surface area contributed by atoms with Gasteiger partial charge in [-0.05, 0) is 0 Å². The highest BCUT2D eigenvalue weighted by Gasteiger charge is 2.23. The van der Waals surface area contributed by atoms with Crippen LogP contribution in [0.3, 0.4) is 0 Å². The first-order valence-electron chi connectivity index (χ1n) is 3.79. The summed E-state index contributed by atoms with van der Waals surface area (Å²) in [5, 5.41) is 0. The summed E-state index contributed by atoms with van der Waals surface area (Å²) < 4.78 is 34.1. The molecule has 0 aromatic rings. The zero-order valence-corrected chi connectivity index (χ0v) is 9.24. The number of hydrogen-bond acceptors (Lipinski definition) is 5. The van der Waals surface area contributed by atoms with E-state index in [-0.39, 0.29) is 12.0 Å². The fraction of sp³-hybridized carbons (Fsp3) is 0.667. The molecule has 0 saturated carbocycles. The second kappa shape index (κ2) is 3.45. The Bertz CT molecular complexity index is 352. The van der Waals surface area contributed by atoms with E-state index >= 15 is 0 Å². The molecular weight excluding hydrogens is 208 g/mol. The number of hydrogen-bond donors (Lipinski definition) is 0. The maximum atomic E-state index is 11.2. The first-order chi connectivity index (χ1) is 6.32. The lowest BCUT2D eigenvalue weighted by Gasteiger charge is -2.22. The molecule has 1 aliphatic rings. The van der Waals surface area contributed by atoms with E-state index in [2.05, 4.69) is 8.80 Å². The van der Waals surface area contributed by atoms with Crippen LogP contribution in [0.1, 0.15) is 0 Å². The smallest absolute Gasteiger partial charge is 0.372 e. The molecule has 0 aliphatic carbocycles. The summed E-state index contributed by atoms with van der Waals surface area (Å²) in [7, 11) is 2.72. The molecule has 0 radical (unpaired) electrons. The summed E-state index contributed by atoms with van der Waals surface area (Å²) in [5.74, 6) is 0. The summed E-state index contributed by atoms with van der Waals surface area (Å²) in [5.41, 5.74) is 0. The Labute approximate surface area is 82.9 Å². The average molecular weight is 220 g/mol. The summed E-state index contributed by atoms with van der Waals surface area (Å²) in [6.07, 6.45) is 0. The molecule has 0 fully saturated rings. The zero-order valence-electron chi connectivity index (χ0n) is 8.42. The van der Waals surface area contributed by atoms with Crippen molar-refractivity contribution in [3.05, 3.63) is 0 Å². The van der Waals surface area contributed by atoms with Crippen molar-refractivity contribution in [1.29, 1.82) is 0 Å². The van der Waals surface area contributed by atoms with E-state index in [1.165, 1.54) is 9.80 Å². The molecule has 0 aromatic carbocycles. The Kier molecular flexibility index (Phi) is 2.65. The van der Waals surface area contributed by atoms with E-state index < -0.39 is 10.2 Å². The number of ether oxygens (including phenoxy) is 1. The minimum absolute atomic E-state index is 0.00343. The van der Waals surface area contributed by atoms with Gasteiger partial charge < -0.3 is 14.5 Å². The van der Waals surface area contributed by atoms with Crippen LogP contribution in [-0.2, 0) is 14.9 Å². The summed E-state index contributed by atoms with van der Waals surface area (Å²) >= 11 is 0. The van der Waals surface area contributed by atoms with Gasteiger partial charge >= 0.3 is 22.3 Å². The minimum Gasteiger partial charge on any atom is -0.390 e. The van der Waals surface area contributed by atoms with E-state index in [9.17, 15) is 8.42 Å². The molecule has 0 saturated heterocycles. The van der Waals surface area contributed by atoms with Crippen LogP contribution in [0.15, 0.2) is 8.80 Å². The molecule has 7 nitrogen and oxygen atoms in total. The van der Waals surface area contributed by atoms with E-state index in [0.29, 0.717) is 0 Å². The van der Waals surface area contributed by atoms with Crippen LogP contribution in [0.5, 0.6) is 0 Å². The lowest BCUT2D eigenvalue weighted by atomic mass is 10.8. The van der Waals surface area contributed by atoms with Crippen molar-refractivity contribution in [2.75, 3.05) is 28.2 Å². The quantitative estimate of drug-likeness (QED) is 0.528. The fourth-order valence-electron chi connectivity index (χ4n) is 0.683. The first kappa shape index (κ1) is 10.8. The Morgan fingerprint density at radius 3 is 1.64 bits per heavy atom. The topological polar surface area (TPSA) is 74.6 Å². The average Bonchev–Trinajstić information content (AvgIpc) is 2.01. The first-order valence-corrected chi connectivity index (χ1v) is 5.19. The molecule has 0 atom stereocenters. The van der Waals surface area contributed by atoms with Gasteiger partial charge in [0.05, 0.1) is 0 Å². The van der Waals surface area contributed by atoms with E-state index in [1.54, 1.807) is 28.2 Å². The van der Waals surface area contributed by atoms with Gasteiger partial charge in [-0.15, -0.1) is 0 Å². The van der Waals surface area contributed by atoms with Crippen LogP contribution in [0.25, 0.3) is 0 Å². The van der Waals surface area contributed by atoms with E-state index in [0.717, 1.165) is 0 Å². The van der Waals surface area contributed by atoms with Gasteiger partial charge in [0.2, 0.25) is 0 Å². The van der Waals surface area contributed by atoms with Gasteiger partial charge in [-0.2, -0.15) is 8.42 Å². The van der Waals surface area contributed by atoms with Gasteiger partial charge in [0.15, 0.2) is 0 Å². The summed E-state index contributed by atoms with van der Waals surface area (Å²) in [4.78, 5) is 2.91. The molecule has 0 amide bonds. The molecule has 1 aliphatic heterocycles.